The Labute approximate surface area is 161 Å². The van der Waals surface area contributed by atoms with E-state index in [0.717, 1.165) is 5.56 Å². The minimum absolute atomic E-state index is 0.0224. The van der Waals surface area contributed by atoms with E-state index in [-0.39, 0.29) is 26.3 Å². The molecule has 1 heterocycles. The van der Waals surface area contributed by atoms with Crippen LogP contribution in [0.25, 0.3) is 0 Å². The topological polar surface area (TPSA) is 20.2 Å². The van der Waals surface area contributed by atoms with Crippen LogP contribution in [0.2, 0.25) is 15.4 Å². The second kappa shape index (κ2) is 5.70. The number of benzene rings is 1. The van der Waals surface area contributed by atoms with E-state index in [1.807, 2.05) is 6.07 Å². The molecule has 0 aliphatic carbocycles. The molecule has 1 aromatic carbocycles. The maximum atomic E-state index is 11.1. The van der Waals surface area contributed by atoms with E-state index in [1.165, 1.54) is 11.1 Å². The number of hydrogen-bond donors (Lipinski definition) is 1. The van der Waals surface area contributed by atoms with Gasteiger partial charge in [0.15, 0.2) is 0 Å². The molecule has 0 spiro atoms. The van der Waals surface area contributed by atoms with Crippen molar-refractivity contribution in [3.05, 3.63) is 28.8 Å². The molecule has 0 aromatic heterocycles. The first kappa shape index (κ1) is 20.7. The standard InChI is InChI=1S/C16H30B8O/c1-8-5-11(25)10(6-9(8)12(2,3)4)14(15(18,19)20,16(21,22)23)13(17)7-24-13/h5-7,25H,17-23H2,1-4H3. The Morgan fingerprint density at radius 2 is 1.36 bits per heavy atom. The summed E-state index contributed by atoms with van der Waals surface area (Å²) in [5, 5.41) is 11.0. The fourth-order valence-electron chi connectivity index (χ4n) is 6.02. The average Bonchev–Trinajstić information content (AvgIpc) is 3.06. The molecule has 1 N–H and O–H groups in total. The Hall–Kier alpha value is -0.591. The van der Waals surface area contributed by atoms with Gasteiger partial charge in [-0.2, -0.15) is 0 Å². The van der Waals surface area contributed by atoms with Crippen molar-refractivity contribution >= 4 is 67.8 Å². The van der Waals surface area contributed by atoms with Gasteiger partial charge in [0, 0.05) is 0 Å². The molecule has 25 heavy (non-hydrogen) atoms. The van der Waals surface area contributed by atoms with Crippen LogP contribution >= 0.6 is 0 Å². The van der Waals surface area contributed by atoms with Crippen LogP contribution in [0.4, 0.5) is 0 Å². The van der Waals surface area contributed by atoms with Gasteiger partial charge in [-0.3, -0.25) is 0 Å². The van der Waals surface area contributed by atoms with Gasteiger partial charge in [0.05, 0.1) is 0 Å². The van der Waals surface area contributed by atoms with E-state index in [4.69, 9.17) is 0 Å². The van der Waals surface area contributed by atoms with Crippen molar-refractivity contribution in [2.45, 2.75) is 54.0 Å². The van der Waals surface area contributed by atoms with Crippen LogP contribution < -0.4 is 0 Å². The maximum absolute atomic E-state index is 11.1. The predicted molar refractivity (Wildman–Crippen MR) is 133 cm³/mol. The van der Waals surface area contributed by atoms with Crippen LogP contribution in [0.15, 0.2) is 12.1 Å². The van der Waals surface area contributed by atoms with Gasteiger partial charge in [-0.05, 0) is 0 Å². The Bertz CT molecular complexity index is 692. The first-order valence-electron chi connectivity index (χ1n) is 9.54. The quantitative estimate of drug-likeness (QED) is 0.569. The fraction of sp³-hybridized carbons (Fsp3) is 0.562. The normalized spacial score (nSPS) is 21.0. The fourth-order valence-corrected chi connectivity index (χ4v) is 6.02. The number of hydrogen-bond acceptors (Lipinski definition) is 1. The van der Waals surface area contributed by atoms with Gasteiger partial charge >= 0.3 is 161 Å². The summed E-state index contributed by atoms with van der Waals surface area (Å²) in [7, 11) is 16.2. The summed E-state index contributed by atoms with van der Waals surface area (Å²) >= 11 is 0. The molecule has 1 nitrogen and oxygen atoms in total. The Kier molecular flexibility index (Phi) is 4.72. The molecule has 0 bridgehead atoms. The van der Waals surface area contributed by atoms with E-state index in [1.54, 1.807) is 0 Å². The summed E-state index contributed by atoms with van der Waals surface area (Å²) in [6.07, 6.45) is 0. The first-order chi connectivity index (χ1) is 11.0. The molecule has 1 aliphatic heterocycles. The molecule has 0 saturated carbocycles. The molecule has 124 valence electrons. The van der Waals surface area contributed by atoms with Crippen LogP contribution in [0.3, 0.4) is 0 Å². The molecule has 1 unspecified atom stereocenters. The number of phenolic OH excluding ortho intramolecular Hbond substituents is 1. The van der Waals surface area contributed by atoms with Gasteiger partial charge in [-0.25, -0.2) is 0 Å². The van der Waals surface area contributed by atoms with Gasteiger partial charge in [-0.15, -0.1) is 0 Å². The molecule has 0 amide bonds. The number of rotatable bonds is 4. The van der Waals surface area contributed by atoms with Crippen molar-refractivity contribution in [2.75, 3.05) is 0 Å². The van der Waals surface area contributed by atoms with Crippen LogP contribution in [0, 0.1) is 6.92 Å². The molecular weight excluding hydrogens is 295 g/mol. The van der Waals surface area contributed by atoms with Crippen molar-refractivity contribution in [3.63, 3.8) is 0 Å². The van der Waals surface area contributed by atoms with E-state index < -0.39 is 0 Å². The van der Waals surface area contributed by atoms with Crippen LogP contribution in [-0.2, 0) is 10.8 Å². The zero-order valence-corrected chi connectivity index (χ0v) is 18.3. The second-order valence-electron chi connectivity index (χ2n) is 11.3. The molecular formula is C16H30B8O. The van der Waals surface area contributed by atoms with Crippen LogP contribution in [0.1, 0.15) is 37.5 Å². The Morgan fingerprint density at radius 1 is 0.920 bits per heavy atom. The molecule has 0 fully saturated rings. The monoisotopic (exact) mass is 326 g/mol. The van der Waals surface area contributed by atoms with E-state index in [2.05, 4.69) is 102 Å². The number of aromatic hydroxyl groups is 1. The summed E-state index contributed by atoms with van der Waals surface area (Å²) < 4.78 is 0. The van der Waals surface area contributed by atoms with E-state index >= 15 is 0 Å². The molecule has 9 heteroatoms. The van der Waals surface area contributed by atoms with Crippen LogP contribution in [0.5, 0.6) is 5.75 Å². The van der Waals surface area contributed by atoms with Gasteiger partial charge in [0.1, 0.15) is 0 Å². The predicted octanol–water partition coefficient (Wildman–Crippen LogP) is -3.55. The third-order valence-electron chi connectivity index (χ3n) is 6.28. The van der Waals surface area contributed by atoms with E-state index in [9.17, 15) is 5.11 Å². The summed E-state index contributed by atoms with van der Waals surface area (Å²) in [5.41, 5.74) is 3.42. The molecule has 1 atom stereocenters. The van der Waals surface area contributed by atoms with Crippen molar-refractivity contribution in [2.24, 2.45) is 0 Å². The van der Waals surface area contributed by atoms with Crippen LogP contribution in [-0.4, -0.2) is 72.9 Å². The van der Waals surface area contributed by atoms with Gasteiger partial charge in [0.25, 0.3) is 0 Å². The van der Waals surface area contributed by atoms with Crippen molar-refractivity contribution < 1.29 is 5.11 Å². The zero-order valence-electron chi connectivity index (χ0n) is 18.3. The van der Waals surface area contributed by atoms with Gasteiger partial charge < -0.3 is 0 Å². The number of aryl methyl sites for hydroxylation is 1. The third kappa shape index (κ3) is 3.04. The van der Waals surface area contributed by atoms with Gasteiger partial charge in [0.2, 0.25) is 0 Å². The summed E-state index contributed by atoms with van der Waals surface area (Å²) in [6, 6.07) is 4.28. The molecule has 1 aliphatic rings. The average molecular weight is 325 g/mol. The van der Waals surface area contributed by atoms with E-state index in [0.29, 0.717) is 5.75 Å². The SMILES string of the molecule is BC(B)(B)C(c1cc(C(C)(C)C)c(C)cc1O)(C(B)(B)B)C1(B)B=C1. The number of phenols is 1. The zero-order chi connectivity index (χ0) is 19.6. The second-order valence-corrected chi connectivity index (χ2v) is 11.3. The summed E-state index contributed by atoms with van der Waals surface area (Å²) in [5.74, 6) is 2.75. The molecule has 0 saturated heterocycles. The van der Waals surface area contributed by atoms with Crippen molar-refractivity contribution in [1.82, 2.24) is 0 Å². The van der Waals surface area contributed by atoms with Gasteiger partial charge in [-0.1, -0.05) is 0 Å². The molecule has 1 aromatic rings. The summed E-state index contributed by atoms with van der Waals surface area (Å²) in [4.78, 5) is 0. The third-order valence-corrected chi connectivity index (χ3v) is 6.28. The van der Waals surface area contributed by atoms with Crippen molar-refractivity contribution in [3.8, 4) is 5.75 Å². The Morgan fingerprint density at radius 3 is 1.68 bits per heavy atom. The van der Waals surface area contributed by atoms with Crippen molar-refractivity contribution in [1.29, 1.82) is 0 Å². The molecule has 2 rings (SSSR count). The minimum atomic E-state index is -0.204. The Balaban J connectivity index is 2.95. The molecule has 0 radical (unpaired) electrons. The summed E-state index contributed by atoms with van der Waals surface area (Å²) in [6.45, 7) is 11.2. The first-order valence-corrected chi connectivity index (χ1v) is 9.54.